The Bertz CT molecular complexity index is 436. The monoisotopic (exact) mass is 299 g/mol. The van der Waals surface area contributed by atoms with Crippen molar-refractivity contribution in [2.75, 3.05) is 20.2 Å². The van der Waals surface area contributed by atoms with Gasteiger partial charge in [0.25, 0.3) is 0 Å². The average Bonchev–Trinajstić information content (AvgIpc) is 3.01. The first-order valence-corrected chi connectivity index (χ1v) is 7.42. The van der Waals surface area contributed by atoms with Gasteiger partial charge in [0, 0.05) is 20.2 Å². The molecule has 0 bridgehead atoms. The summed E-state index contributed by atoms with van der Waals surface area (Å²) in [4.78, 5) is 14.5. The molecule has 1 saturated heterocycles. The maximum Gasteiger partial charge on any atom is 0.346 e. The molecular weight excluding hydrogens is 274 g/mol. The fraction of sp³-hybridized carbons (Fsp3) is 0.800. The van der Waals surface area contributed by atoms with Gasteiger partial charge in [-0.25, -0.2) is 4.79 Å². The molecule has 0 saturated carbocycles. The van der Waals surface area contributed by atoms with Gasteiger partial charge in [-0.2, -0.15) is 0 Å². The van der Waals surface area contributed by atoms with E-state index in [-0.39, 0.29) is 12.0 Å². The lowest BCUT2D eigenvalue weighted by Crippen LogP contribution is -2.54. The molecule has 6 nitrogen and oxygen atoms in total. The molecule has 0 aromatic heterocycles. The van der Waals surface area contributed by atoms with Crippen molar-refractivity contribution in [3.8, 4) is 0 Å². The summed E-state index contributed by atoms with van der Waals surface area (Å²) < 4.78 is 10.6. The molecule has 2 heterocycles. The predicted molar refractivity (Wildman–Crippen MR) is 76.4 cm³/mol. The van der Waals surface area contributed by atoms with Crippen LogP contribution >= 0.6 is 0 Å². The molecular formula is C15H25NO5. The number of carbonyl (C=O) groups is 1. The van der Waals surface area contributed by atoms with Crippen LogP contribution in [0.5, 0.6) is 0 Å². The van der Waals surface area contributed by atoms with Crippen LogP contribution in [0.1, 0.15) is 27.2 Å². The van der Waals surface area contributed by atoms with Gasteiger partial charge in [0.15, 0.2) is 5.60 Å². The molecule has 0 amide bonds. The van der Waals surface area contributed by atoms with Gasteiger partial charge in [-0.1, -0.05) is 13.8 Å². The molecule has 2 aliphatic heterocycles. The Balaban J connectivity index is 2.13. The summed E-state index contributed by atoms with van der Waals surface area (Å²) in [5.74, 6) is -0.641. The van der Waals surface area contributed by atoms with Gasteiger partial charge in [-0.05, 0) is 25.3 Å². The van der Waals surface area contributed by atoms with Crippen molar-refractivity contribution >= 4 is 5.97 Å². The molecule has 2 aliphatic rings. The number of fused-ring (bicyclic) bond motifs is 1. The minimum absolute atomic E-state index is 0.275. The van der Waals surface area contributed by atoms with E-state index in [9.17, 15) is 15.0 Å². The summed E-state index contributed by atoms with van der Waals surface area (Å²) in [5.41, 5.74) is -1.72. The van der Waals surface area contributed by atoms with Crippen LogP contribution in [0.4, 0.5) is 0 Å². The lowest BCUT2D eigenvalue weighted by molar-refractivity contribution is -0.184. The number of aliphatic hydroxyl groups is 2. The van der Waals surface area contributed by atoms with E-state index >= 15 is 0 Å². The van der Waals surface area contributed by atoms with E-state index in [4.69, 9.17) is 9.47 Å². The van der Waals surface area contributed by atoms with Gasteiger partial charge in [0.05, 0.1) is 18.2 Å². The molecule has 0 radical (unpaired) electrons. The zero-order valence-electron chi connectivity index (χ0n) is 13.1. The third-order valence-electron chi connectivity index (χ3n) is 4.68. The maximum absolute atomic E-state index is 12.5. The number of nitrogens with zero attached hydrogens (tertiary/aromatic N) is 1. The SMILES string of the molecule is COC(C)C(O)(C(=O)OC1=CCN2CC[C@@H](O)[C@H]12)C(C)C. The average molecular weight is 299 g/mol. The van der Waals surface area contributed by atoms with Crippen molar-refractivity contribution in [3.05, 3.63) is 11.8 Å². The standard InChI is InChI=1S/C15H25NO5/c1-9(2)15(19,10(3)20-4)14(18)21-12-6-8-16-7-5-11(17)13(12)16/h6,9-11,13,17,19H,5,7-8H2,1-4H3/t10?,11-,13-,15?/m1/s1. The van der Waals surface area contributed by atoms with E-state index in [1.165, 1.54) is 7.11 Å². The molecule has 6 heteroatoms. The largest absolute Gasteiger partial charge is 0.427 e. The Labute approximate surface area is 125 Å². The number of hydrogen-bond acceptors (Lipinski definition) is 6. The molecule has 2 rings (SSSR count). The van der Waals surface area contributed by atoms with Gasteiger partial charge in [0.2, 0.25) is 0 Å². The number of hydrogen-bond donors (Lipinski definition) is 2. The summed E-state index contributed by atoms with van der Waals surface area (Å²) in [6.07, 6.45) is 1.25. The van der Waals surface area contributed by atoms with Crippen molar-refractivity contribution in [3.63, 3.8) is 0 Å². The minimum Gasteiger partial charge on any atom is -0.427 e. The lowest BCUT2D eigenvalue weighted by atomic mass is 9.85. The van der Waals surface area contributed by atoms with E-state index in [1.807, 2.05) is 0 Å². The lowest BCUT2D eigenvalue weighted by Gasteiger charge is -2.34. The second-order valence-electron chi connectivity index (χ2n) is 6.15. The van der Waals surface area contributed by atoms with Crippen LogP contribution in [-0.2, 0) is 14.3 Å². The Morgan fingerprint density at radius 1 is 1.48 bits per heavy atom. The Morgan fingerprint density at radius 2 is 2.14 bits per heavy atom. The van der Waals surface area contributed by atoms with Gasteiger partial charge in [0.1, 0.15) is 5.76 Å². The maximum atomic E-state index is 12.5. The van der Waals surface area contributed by atoms with Crippen molar-refractivity contribution in [2.24, 2.45) is 5.92 Å². The predicted octanol–water partition coefficient (Wildman–Crippen LogP) is 0.284. The molecule has 21 heavy (non-hydrogen) atoms. The zero-order valence-corrected chi connectivity index (χ0v) is 13.1. The highest BCUT2D eigenvalue weighted by atomic mass is 16.6. The van der Waals surface area contributed by atoms with E-state index < -0.39 is 23.8 Å². The first-order valence-electron chi connectivity index (χ1n) is 7.42. The third kappa shape index (κ3) is 2.73. The van der Waals surface area contributed by atoms with E-state index in [1.54, 1.807) is 26.8 Å². The molecule has 4 atom stereocenters. The van der Waals surface area contributed by atoms with Crippen molar-refractivity contribution in [2.45, 2.75) is 51.0 Å². The van der Waals surface area contributed by atoms with E-state index in [2.05, 4.69) is 4.90 Å². The van der Waals surface area contributed by atoms with Gasteiger partial charge in [-0.3, -0.25) is 4.90 Å². The summed E-state index contributed by atoms with van der Waals surface area (Å²) >= 11 is 0. The van der Waals surface area contributed by atoms with Crippen LogP contribution in [0.3, 0.4) is 0 Å². The van der Waals surface area contributed by atoms with Crippen LogP contribution in [0.15, 0.2) is 11.8 Å². The molecule has 0 aliphatic carbocycles. The van der Waals surface area contributed by atoms with Gasteiger partial charge >= 0.3 is 5.97 Å². The Morgan fingerprint density at radius 3 is 2.71 bits per heavy atom. The second kappa shape index (κ2) is 6.04. The number of rotatable bonds is 5. The zero-order chi connectivity index (χ0) is 15.8. The summed E-state index contributed by atoms with van der Waals surface area (Å²) in [6, 6.07) is -0.275. The van der Waals surface area contributed by atoms with Gasteiger partial charge in [-0.15, -0.1) is 0 Å². The fourth-order valence-corrected chi connectivity index (χ4v) is 3.08. The number of ether oxygens (including phenoxy) is 2. The molecule has 2 N–H and O–H groups in total. The normalized spacial score (nSPS) is 30.0. The van der Waals surface area contributed by atoms with Crippen LogP contribution in [0, 0.1) is 5.92 Å². The van der Waals surface area contributed by atoms with E-state index in [0.29, 0.717) is 18.7 Å². The second-order valence-corrected chi connectivity index (χ2v) is 6.15. The van der Waals surface area contributed by atoms with Crippen LogP contribution in [0.2, 0.25) is 0 Å². The molecule has 120 valence electrons. The number of methoxy groups -OCH3 is 1. The highest BCUT2D eigenvalue weighted by Crippen LogP contribution is 2.32. The first-order chi connectivity index (χ1) is 9.82. The highest BCUT2D eigenvalue weighted by molar-refractivity contribution is 5.81. The highest BCUT2D eigenvalue weighted by Gasteiger charge is 2.49. The Hall–Kier alpha value is -0.950. The van der Waals surface area contributed by atoms with E-state index in [0.717, 1.165) is 6.54 Å². The molecule has 0 aromatic rings. The summed E-state index contributed by atoms with van der Waals surface area (Å²) in [6.45, 7) is 6.57. The summed E-state index contributed by atoms with van der Waals surface area (Å²) in [7, 11) is 1.45. The van der Waals surface area contributed by atoms with Gasteiger partial charge < -0.3 is 19.7 Å². The topological polar surface area (TPSA) is 79.2 Å². The Kier molecular flexibility index (Phi) is 4.72. The van der Waals surface area contributed by atoms with Crippen molar-refractivity contribution in [1.82, 2.24) is 4.90 Å². The van der Waals surface area contributed by atoms with Crippen molar-refractivity contribution in [1.29, 1.82) is 0 Å². The molecule has 2 unspecified atom stereocenters. The quantitative estimate of drug-likeness (QED) is 0.710. The molecule has 0 spiro atoms. The van der Waals surface area contributed by atoms with Crippen LogP contribution in [0.25, 0.3) is 0 Å². The number of esters is 1. The third-order valence-corrected chi connectivity index (χ3v) is 4.68. The molecule has 1 fully saturated rings. The molecule has 0 aromatic carbocycles. The smallest absolute Gasteiger partial charge is 0.346 e. The minimum atomic E-state index is -1.72. The summed E-state index contributed by atoms with van der Waals surface area (Å²) in [5, 5.41) is 20.7. The number of aliphatic hydroxyl groups excluding tert-OH is 1. The van der Waals surface area contributed by atoms with Crippen LogP contribution in [-0.4, -0.2) is 65.1 Å². The first kappa shape index (κ1) is 16.4. The fourth-order valence-electron chi connectivity index (χ4n) is 3.08. The number of carbonyl (C=O) groups excluding carboxylic acids is 1. The van der Waals surface area contributed by atoms with Crippen molar-refractivity contribution < 1.29 is 24.5 Å². The van der Waals surface area contributed by atoms with Crippen LogP contribution < -0.4 is 0 Å².